The minimum Gasteiger partial charge on any atom is -0.508 e. The summed E-state index contributed by atoms with van der Waals surface area (Å²) in [5.41, 5.74) is 24.6. The van der Waals surface area contributed by atoms with Crippen molar-refractivity contribution in [1.29, 1.82) is 0 Å². The Bertz CT molecular complexity index is 5330. The Kier molecular flexibility index (Phi) is 50.0. The van der Waals surface area contributed by atoms with Crippen molar-refractivity contribution in [2.24, 2.45) is 34.8 Å². The molecule has 20 atom stereocenters. The Labute approximate surface area is 885 Å². The molecule has 0 saturated carbocycles. The lowest BCUT2D eigenvalue weighted by Crippen LogP contribution is -2.62. The number of thioether (sulfide) groups is 4. The van der Waals surface area contributed by atoms with Crippen LogP contribution in [0.2, 0.25) is 0 Å². The van der Waals surface area contributed by atoms with Gasteiger partial charge in [-0.25, -0.2) is 0 Å². The van der Waals surface area contributed by atoms with Crippen LogP contribution in [0, 0.1) is 11.8 Å². The van der Waals surface area contributed by atoms with Crippen molar-refractivity contribution in [3.05, 3.63) is 125 Å². The largest absolute Gasteiger partial charge is 0.508 e. The Morgan fingerprint density at radius 3 is 1.67 bits per heavy atom. The zero-order valence-corrected chi connectivity index (χ0v) is 88.2. The minimum atomic E-state index is -1.80. The van der Waals surface area contributed by atoms with Crippen LogP contribution in [0.4, 0.5) is 0 Å². The molecule has 0 aliphatic carbocycles. The van der Waals surface area contributed by atoms with Gasteiger partial charge in [0.2, 0.25) is 124 Å². The van der Waals surface area contributed by atoms with E-state index in [4.69, 9.17) is 22.9 Å². The highest BCUT2D eigenvalue weighted by atomic mass is 32.2. The molecule has 2 bridgehead atoms. The van der Waals surface area contributed by atoms with Crippen LogP contribution >= 0.6 is 47.0 Å². The molecule has 3 aromatic rings. The maximum absolute atomic E-state index is 15.6. The summed E-state index contributed by atoms with van der Waals surface area (Å²) < 4.78 is 0. The number of amides is 22. The molecule has 0 radical (unpaired) electrons. The third kappa shape index (κ3) is 39.2. The van der Waals surface area contributed by atoms with Gasteiger partial charge in [0.1, 0.15) is 114 Å². The first-order chi connectivity index (χ1) is 71.5. The van der Waals surface area contributed by atoms with E-state index >= 15 is 14.4 Å². The van der Waals surface area contributed by atoms with Crippen molar-refractivity contribution in [2.75, 3.05) is 67.2 Å². The molecule has 5 aliphatic rings. The zero-order valence-electron chi connectivity index (χ0n) is 84.9. The molecule has 29 N–H and O–H groups in total. The number of phenolic OH excluding ortho intramolecular Hbond substituents is 1. The smallest absolute Gasteiger partial charge is 0.267 e. The number of benzene rings is 3. The number of hydrogen-bond acceptors (Lipinski definition) is 30. The Morgan fingerprint density at radius 2 is 1.06 bits per heavy atom. The van der Waals surface area contributed by atoms with Crippen LogP contribution < -0.4 is 129 Å². The first-order valence-electron chi connectivity index (χ1n) is 49.8. The van der Waals surface area contributed by atoms with Crippen LogP contribution in [0.25, 0.3) is 0 Å². The number of carbonyl (C=O) groups is 22. The Morgan fingerprint density at radius 1 is 0.527 bits per heavy atom. The number of unbranched alkanes of at least 4 members (excludes halogenated alkanes) is 2. The lowest BCUT2D eigenvalue weighted by molar-refractivity contribution is -0.142. The fourth-order valence-corrected chi connectivity index (χ4v) is 20.2. The van der Waals surface area contributed by atoms with E-state index in [1.54, 1.807) is 81.4 Å². The molecular weight excluding hydrogens is 2020 g/mol. The number of hydrogen-bond donors (Lipinski definition) is 25. The number of carbonyl (C=O) groups excluding carboxylic acids is 22. The molecule has 5 heterocycles. The maximum Gasteiger partial charge on any atom is 0.267 e. The normalized spacial score (nSPS) is 24.9. The molecule has 3 aromatic carbocycles. The summed E-state index contributed by atoms with van der Waals surface area (Å²) in [6.45, 7) is 11.3. The first-order valence-corrected chi connectivity index (χ1v) is 54.2. The number of allylic oxidation sites excluding steroid dienone is 1. The van der Waals surface area contributed by atoms with Crippen molar-refractivity contribution in [1.82, 2.24) is 111 Å². The molecule has 4 fully saturated rings. The second kappa shape index (κ2) is 61.6. The van der Waals surface area contributed by atoms with Crippen LogP contribution in [0.3, 0.4) is 0 Å². The highest BCUT2D eigenvalue weighted by Crippen LogP contribution is 2.27. The number of primary amides is 1. The van der Waals surface area contributed by atoms with Gasteiger partial charge in [0.15, 0.2) is 0 Å². The number of nitrogens with two attached hydrogens (primary N) is 4. The van der Waals surface area contributed by atoms with Crippen molar-refractivity contribution >= 4 is 177 Å². The quantitative estimate of drug-likeness (QED) is 0.0190. The molecule has 48 nitrogen and oxygen atoms in total. The first kappa shape index (κ1) is 122. The lowest BCUT2D eigenvalue weighted by atomic mass is 9.99. The summed E-state index contributed by atoms with van der Waals surface area (Å²) in [5, 5.41) is 62.5. The van der Waals surface area contributed by atoms with Crippen molar-refractivity contribution in [3.8, 4) is 5.75 Å². The van der Waals surface area contributed by atoms with Gasteiger partial charge in [-0.3, -0.25) is 105 Å². The van der Waals surface area contributed by atoms with Gasteiger partial charge in [-0.15, -0.1) is 11.8 Å². The number of rotatable bonds is 36. The molecule has 22 amide bonds. The highest BCUT2D eigenvalue weighted by Gasteiger charge is 2.45. The van der Waals surface area contributed by atoms with E-state index in [1.165, 1.54) is 68.5 Å². The van der Waals surface area contributed by atoms with Gasteiger partial charge in [0.25, 0.3) is 5.91 Å². The molecule has 5 aliphatic heterocycles. The number of nitrogens with one attached hydrogen (secondary N) is 20. The Balaban J connectivity index is 1.01. The topological polar surface area (TPSA) is 744 Å². The lowest BCUT2D eigenvalue weighted by Gasteiger charge is -2.33. The minimum absolute atomic E-state index is 0.00118. The SMILES string of the molecule is C/C=C(\NC(=O)[C@H](CCCCN)NC(=O)[C@H](C)NC(=O)[C@@H]1CS[C@@H](C)[C@@H](NC(=O)C2CSCC(NC(=O)[C@H](C)NC(=O)[C@@H](N)[C@@H](C)CC)C(=O)NC(CCCCN)C(=O)NC(Cc3ccccc3)C(=O)N[C@@H](CC(C)C)C(=O)N2)C(=O)N2CCC[C@H]2C(=O)NCC(=O)N1)C(=O)NCC(=O)N[C@@H]1CSC[C@@H]2NC(=O)[C@H](Cc3ccc(O)cc3)NC(=O)[C@@H](CS/C=C\NC2=O)NC(=O)[C@H](CC(N)=O)NC(=O)[C@H](Cc2ccccc2)NC1=O. The summed E-state index contributed by atoms with van der Waals surface area (Å²) in [6.07, 6.45) is 2.87. The highest BCUT2D eigenvalue weighted by molar-refractivity contribution is 8.02. The number of aromatic hydroxyl groups is 1. The van der Waals surface area contributed by atoms with E-state index in [1.807, 2.05) is 6.92 Å². The van der Waals surface area contributed by atoms with Crippen molar-refractivity contribution in [2.45, 2.75) is 259 Å². The summed E-state index contributed by atoms with van der Waals surface area (Å²) in [4.78, 5) is 319. The Hall–Kier alpha value is -13.4. The summed E-state index contributed by atoms with van der Waals surface area (Å²) >= 11 is 3.54. The zero-order chi connectivity index (χ0) is 110. The predicted molar refractivity (Wildman–Crippen MR) is 560 cm³/mol. The second-order valence-corrected chi connectivity index (χ2v) is 41.9. The molecule has 8 rings (SSSR count). The van der Waals surface area contributed by atoms with E-state index in [0.29, 0.717) is 48.8 Å². The van der Waals surface area contributed by atoms with Gasteiger partial charge < -0.3 is 139 Å². The fourth-order valence-electron chi connectivity index (χ4n) is 16.2. The van der Waals surface area contributed by atoms with E-state index in [9.17, 15) is 96.2 Å². The van der Waals surface area contributed by atoms with Gasteiger partial charge in [-0.1, -0.05) is 120 Å². The molecule has 150 heavy (non-hydrogen) atoms. The fraction of sp³-hybridized carbons (Fsp3) is 0.551. The molecule has 0 aromatic heterocycles. The van der Waals surface area contributed by atoms with Gasteiger partial charge in [-0.05, 0) is 138 Å². The van der Waals surface area contributed by atoms with Crippen LogP contribution in [0.15, 0.2) is 108 Å². The molecule has 0 spiro atoms. The van der Waals surface area contributed by atoms with Crippen molar-refractivity contribution in [3.63, 3.8) is 0 Å². The third-order valence-corrected chi connectivity index (χ3v) is 29.5. The van der Waals surface area contributed by atoms with Gasteiger partial charge >= 0.3 is 0 Å². The van der Waals surface area contributed by atoms with E-state index in [0.717, 1.165) is 53.1 Å². The molecule has 52 heteroatoms. The number of fused-ring (bicyclic) bond motifs is 7. The monoisotopic (exact) mass is 2160 g/mol. The summed E-state index contributed by atoms with van der Waals surface area (Å²) in [5.74, 6) is -23.5. The molecule has 4 unspecified atom stereocenters. The van der Waals surface area contributed by atoms with E-state index < -0.39 is 286 Å². The van der Waals surface area contributed by atoms with Crippen molar-refractivity contribution < 1.29 is 111 Å². The van der Waals surface area contributed by atoms with E-state index in [-0.39, 0.29) is 106 Å². The van der Waals surface area contributed by atoms with E-state index in [2.05, 4.69) is 106 Å². The van der Waals surface area contributed by atoms with Crippen LogP contribution in [0.5, 0.6) is 5.75 Å². The van der Waals surface area contributed by atoms with Gasteiger partial charge in [0, 0.05) is 71.8 Å². The third-order valence-electron chi connectivity index (χ3n) is 25.1. The average molecular weight is 2170 g/mol. The average Bonchev–Trinajstić information content (AvgIpc) is 1.63. The van der Waals surface area contributed by atoms with Crippen LogP contribution in [-0.2, 0) is 125 Å². The van der Waals surface area contributed by atoms with Crippen LogP contribution in [0.1, 0.15) is 143 Å². The van der Waals surface area contributed by atoms with Crippen LogP contribution in [-0.4, -0.2) is 321 Å². The molecule has 820 valence electrons. The second-order valence-electron chi connectivity index (χ2n) is 37.4. The summed E-state index contributed by atoms with van der Waals surface area (Å²) in [6, 6.07) is -4.35. The molecular formula is C98H141N25O23S4. The van der Waals surface area contributed by atoms with Gasteiger partial charge in [-0.2, -0.15) is 35.3 Å². The number of nitrogens with zero attached hydrogens (tertiary/aromatic N) is 1. The van der Waals surface area contributed by atoms with Gasteiger partial charge in [0.05, 0.1) is 25.6 Å². The predicted octanol–water partition coefficient (Wildman–Crippen LogP) is -6.02. The summed E-state index contributed by atoms with van der Waals surface area (Å²) in [7, 11) is 0. The maximum atomic E-state index is 15.6. The number of phenols is 1. The standard InChI is InChI=1S/C98H141N25O23S4/c1-9-52(5)78(102)97(145)107-54(7)81(129)118-71-48-149-49-72(121-86(134)63(38-51(3)4)113-87(135)64(39-56-22-13-11-14-23-56)114-85(133)62(112-93(71)141)27-18-20-34-100)95(143)122-79-55(8)150-50-73(109-77(127)44-105-96(144)74-28-21-36-123(74)98(79)146)91(139)106-53(6)80(128)111-61(26-17-19-33-99)84(132)110-60(10-2)82(130)104-43-76(126)108-69-47-148-46-68-83(131)103-35-37-147-45-70(94(142)116-66(89(137)119-68)41-58-29-31-59(124)32-30-58)120-90(138)67(42-75(101)125)117-88(136)65(115-92(69)140)40-57-24-15-12-16-25-57/h10-16,22-25,29-32,35,37,51-55,61-74,78-79,124H,9,17-21,26-28,33-34,36,38-50,99-100,102H2,1-8H3,(H2,101,125)(H,103,131)(H,104,130)(H,105,144)(H,106,139)(H,107,145)(H,108,126)(H,109,127)(H,110,132)(H,111,128)(H,112,141)(H,113,135)(H,114,133)(H,115,140)(H,116,142)(H,117,136)(H,118,129)(H,119,137)(H,120,138)(H,121,134)(H,122,143)/b37-35-,60-10-/t52-,53-,54-,55-,61-,62?,63-,64?,65-,66-,67-,68-,69+,70+,71?,72?,73-,74-,78-,79+/m0/s1. The molecule has 4 saturated heterocycles.